The maximum absolute atomic E-state index is 12.1. The van der Waals surface area contributed by atoms with Gasteiger partial charge in [0.1, 0.15) is 5.75 Å². The minimum absolute atomic E-state index is 0.0307. The molecule has 23 heavy (non-hydrogen) atoms. The summed E-state index contributed by atoms with van der Waals surface area (Å²) in [6.45, 7) is 2.80. The molecule has 2 aromatic rings. The monoisotopic (exact) mass is 310 g/mol. The Hall–Kier alpha value is -2.82. The number of para-hydroxylation sites is 2. The van der Waals surface area contributed by atoms with E-state index in [-0.39, 0.29) is 18.4 Å². The molecule has 0 aliphatic carbocycles. The maximum atomic E-state index is 12.1. The number of anilines is 1. The highest BCUT2D eigenvalue weighted by atomic mass is 16.5. The van der Waals surface area contributed by atoms with Crippen molar-refractivity contribution < 1.29 is 14.3 Å². The fourth-order valence-electron chi connectivity index (χ4n) is 2.49. The number of nitrogens with one attached hydrogen (secondary N) is 1. The summed E-state index contributed by atoms with van der Waals surface area (Å²) in [5, 5.41) is 2.84. The van der Waals surface area contributed by atoms with Gasteiger partial charge in [-0.2, -0.15) is 0 Å². The molecule has 5 heteroatoms. The van der Waals surface area contributed by atoms with Gasteiger partial charge in [-0.3, -0.25) is 9.59 Å². The molecule has 0 spiro atoms. The van der Waals surface area contributed by atoms with Crippen molar-refractivity contribution in [1.82, 2.24) is 5.32 Å². The molecule has 5 nitrogen and oxygen atoms in total. The van der Waals surface area contributed by atoms with E-state index in [4.69, 9.17) is 4.74 Å². The number of benzene rings is 2. The lowest BCUT2D eigenvalue weighted by Crippen LogP contribution is -2.43. The van der Waals surface area contributed by atoms with Crippen LogP contribution in [-0.2, 0) is 4.79 Å². The van der Waals surface area contributed by atoms with Crippen molar-refractivity contribution in [3.63, 3.8) is 0 Å². The first-order valence-corrected chi connectivity index (χ1v) is 7.52. The van der Waals surface area contributed by atoms with E-state index < -0.39 is 0 Å². The largest absolute Gasteiger partial charge is 0.482 e. The molecule has 0 saturated carbocycles. The number of aryl methyl sites for hydroxylation is 1. The highest BCUT2D eigenvalue weighted by Gasteiger charge is 2.24. The number of hydrogen-bond donors (Lipinski definition) is 1. The Kier molecular flexibility index (Phi) is 4.28. The van der Waals surface area contributed by atoms with Gasteiger partial charge in [-0.1, -0.05) is 29.8 Å². The van der Waals surface area contributed by atoms with Crippen LogP contribution in [0.4, 0.5) is 5.69 Å². The number of carbonyl (C=O) groups is 2. The van der Waals surface area contributed by atoms with Crippen molar-refractivity contribution in [1.29, 1.82) is 0 Å². The van der Waals surface area contributed by atoms with Crippen LogP contribution in [0.5, 0.6) is 5.75 Å². The number of rotatable bonds is 4. The first kappa shape index (κ1) is 15.1. The molecule has 1 aliphatic rings. The second-order valence-corrected chi connectivity index (χ2v) is 5.42. The average Bonchev–Trinajstić information content (AvgIpc) is 2.57. The second kappa shape index (κ2) is 6.52. The van der Waals surface area contributed by atoms with E-state index >= 15 is 0 Å². The number of fused-ring (bicyclic) bond motifs is 1. The van der Waals surface area contributed by atoms with E-state index in [0.717, 1.165) is 11.3 Å². The highest BCUT2D eigenvalue weighted by Crippen LogP contribution is 2.30. The van der Waals surface area contributed by atoms with Crippen molar-refractivity contribution in [3.05, 3.63) is 59.7 Å². The van der Waals surface area contributed by atoms with Gasteiger partial charge < -0.3 is 15.0 Å². The molecule has 0 fully saturated rings. The van der Waals surface area contributed by atoms with Gasteiger partial charge in [0, 0.05) is 18.7 Å². The lowest BCUT2D eigenvalue weighted by molar-refractivity contribution is -0.121. The van der Waals surface area contributed by atoms with E-state index in [1.807, 2.05) is 43.3 Å². The average molecular weight is 310 g/mol. The molecule has 0 unspecified atom stereocenters. The summed E-state index contributed by atoms with van der Waals surface area (Å²) >= 11 is 0. The topological polar surface area (TPSA) is 58.6 Å². The number of nitrogens with zero attached hydrogens (tertiary/aromatic N) is 1. The standard InChI is InChI=1S/C18H18N2O3/c1-13-6-8-14(9-7-13)18(22)19-10-11-20-15-4-2-3-5-16(15)23-12-17(20)21/h2-9H,10-12H2,1H3,(H,19,22). The molecule has 2 aromatic carbocycles. The molecule has 3 rings (SSSR count). The number of amides is 2. The number of carbonyl (C=O) groups excluding carboxylic acids is 2. The first-order chi connectivity index (χ1) is 11.1. The molecule has 2 amide bonds. The Morgan fingerprint density at radius 2 is 1.91 bits per heavy atom. The van der Waals surface area contributed by atoms with Crippen LogP contribution in [0.1, 0.15) is 15.9 Å². The summed E-state index contributed by atoms with van der Waals surface area (Å²) in [5.74, 6) is 0.448. The molecule has 0 aromatic heterocycles. The summed E-state index contributed by atoms with van der Waals surface area (Å²) in [5.41, 5.74) is 2.47. The van der Waals surface area contributed by atoms with Gasteiger partial charge >= 0.3 is 0 Å². The molecule has 1 heterocycles. The SMILES string of the molecule is Cc1ccc(C(=O)NCCN2C(=O)COc3ccccc32)cc1. The fourth-order valence-corrected chi connectivity index (χ4v) is 2.49. The van der Waals surface area contributed by atoms with Gasteiger partial charge in [0.15, 0.2) is 6.61 Å². The van der Waals surface area contributed by atoms with E-state index in [9.17, 15) is 9.59 Å². The Morgan fingerprint density at radius 1 is 1.17 bits per heavy atom. The molecule has 0 bridgehead atoms. The van der Waals surface area contributed by atoms with Crippen LogP contribution in [0.3, 0.4) is 0 Å². The first-order valence-electron chi connectivity index (χ1n) is 7.52. The third-order valence-corrected chi connectivity index (χ3v) is 3.74. The van der Waals surface area contributed by atoms with Crippen molar-refractivity contribution >= 4 is 17.5 Å². The molecule has 1 N–H and O–H groups in total. The minimum Gasteiger partial charge on any atom is -0.482 e. The Bertz CT molecular complexity index is 725. The molecule has 118 valence electrons. The predicted octanol–water partition coefficient (Wildman–Crippen LogP) is 2.15. The normalized spacial score (nSPS) is 13.3. The van der Waals surface area contributed by atoms with Crippen molar-refractivity contribution in [3.8, 4) is 5.75 Å². The summed E-state index contributed by atoms with van der Waals surface area (Å²) < 4.78 is 5.40. The Labute approximate surface area is 134 Å². The fraction of sp³-hybridized carbons (Fsp3) is 0.222. The van der Waals surface area contributed by atoms with Gasteiger partial charge in [-0.15, -0.1) is 0 Å². The highest BCUT2D eigenvalue weighted by molar-refractivity contribution is 5.98. The maximum Gasteiger partial charge on any atom is 0.265 e. The zero-order valence-electron chi connectivity index (χ0n) is 12.9. The zero-order chi connectivity index (χ0) is 16.2. The van der Waals surface area contributed by atoms with Crippen LogP contribution in [0, 0.1) is 6.92 Å². The molecule has 1 aliphatic heterocycles. The van der Waals surface area contributed by atoms with Gasteiger partial charge in [0.05, 0.1) is 5.69 Å². The van der Waals surface area contributed by atoms with Crippen LogP contribution in [0.2, 0.25) is 0 Å². The lowest BCUT2D eigenvalue weighted by Gasteiger charge is -2.29. The molecular weight excluding hydrogens is 292 g/mol. The van der Waals surface area contributed by atoms with E-state index in [0.29, 0.717) is 24.4 Å². The van der Waals surface area contributed by atoms with Gasteiger partial charge in [-0.05, 0) is 31.2 Å². The van der Waals surface area contributed by atoms with E-state index in [1.165, 1.54) is 0 Å². The van der Waals surface area contributed by atoms with Crippen LogP contribution in [0.25, 0.3) is 0 Å². The lowest BCUT2D eigenvalue weighted by atomic mass is 10.1. The smallest absolute Gasteiger partial charge is 0.265 e. The molecule has 0 saturated heterocycles. The summed E-state index contributed by atoms with van der Waals surface area (Å²) in [6, 6.07) is 14.8. The van der Waals surface area contributed by atoms with Crippen LogP contribution in [0.15, 0.2) is 48.5 Å². The van der Waals surface area contributed by atoms with Gasteiger partial charge in [-0.25, -0.2) is 0 Å². The van der Waals surface area contributed by atoms with Crippen molar-refractivity contribution in [2.75, 3.05) is 24.6 Å². The summed E-state index contributed by atoms with van der Waals surface area (Å²) in [6.07, 6.45) is 0. The molecule has 0 radical (unpaired) electrons. The Morgan fingerprint density at radius 3 is 2.70 bits per heavy atom. The minimum atomic E-state index is -0.140. The predicted molar refractivity (Wildman–Crippen MR) is 87.8 cm³/mol. The van der Waals surface area contributed by atoms with Crippen LogP contribution >= 0.6 is 0 Å². The molecule has 0 atom stereocenters. The van der Waals surface area contributed by atoms with Crippen LogP contribution in [-0.4, -0.2) is 31.5 Å². The quantitative estimate of drug-likeness (QED) is 0.941. The number of hydrogen-bond acceptors (Lipinski definition) is 3. The third kappa shape index (κ3) is 3.34. The van der Waals surface area contributed by atoms with Gasteiger partial charge in [0.2, 0.25) is 0 Å². The summed E-state index contributed by atoms with van der Waals surface area (Å²) in [7, 11) is 0. The zero-order valence-corrected chi connectivity index (χ0v) is 12.9. The third-order valence-electron chi connectivity index (χ3n) is 3.74. The van der Waals surface area contributed by atoms with E-state index in [1.54, 1.807) is 17.0 Å². The molecular formula is C18H18N2O3. The second-order valence-electron chi connectivity index (χ2n) is 5.42. The van der Waals surface area contributed by atoms with Crippen molar-refractivity contribution in [2.45, 2.75) is 6.92 Å². The number of ether oxygens (including phenoxy) is 1. The van der Waals surface area contributed by atoms with Crippen molar-refractivity contribution in [2.24, 2.45) is 0 Å². The van der Waals surface area contributed by atoms with Gasteiger partial charge in [0.25, 0.3) is 11.8 Å². The van der Waals surface area contributed by atoms with E-state index in [2.05, 4.69) is 5.32 Å². The summed E-state index contributed by atoms with van der Waals surface area (Å²) in [4.78, 5) is 25.8. The van der Waals surface area contributed by atoms with Crippen LogP contribution < -0.4 is 15.0 Å². The Balaban J connectivity index is 1.61.